The summed E-state index contributed by atoms with van der Waals surface area (Å²) in [5.41, 5.74) is 7.83. The Kier molecular flexibility index (Phi) is 11.7. The van der Waals surface area contributed by atoms with Crippen LogP contribution in [0.4, 0.5) is 16.6 Å². The van der Waals surface area contributed by atoms with Crippen LogP contribution in [0.15, 0.2) is 6.33 Å². The van der Waals surface area contributed by atoms with Gasteiger partial charge in [-0.2, -0.15) is 9.97 Å². The lowest BCUT2D eigenvalue weighted by Crippen LogP contribution is -2.40. The van der Waals surface area contributed by atoms with Gasteiger partial charge in [-0.1, -0.05) is 26.7 Å². The van der Waals surface area contributed by atoms with Crippen LogP contribution < -0.4 is 16.4 Å². The summed E-state index contributed by atoms with van der Waals surface area (Å²) in [5, 5.41) is 8.92. The van der Waals surface area contributed by atoms with E-state index in [1.807, 2.05) is 20.2 Å². The number of ether oxygens (including phenoxy) is 1. The van der Waals surface area contributed by atoms with Crippen LogP contribution >= 0.6 is 24.8 Å². The van der Waals surface area contributed by atoms with Crippen molar-refractivity contribution in [3.05, 3.63) is 6.33 Å². The van der Waals surface area contributed by atoms with E-state index in [0.717, 1.165) is 55.5 Å². The van der Waals surface area contributed by atoms with Gasteiger partial charge in [0.25, 0.3) is 0 Å². The first-order valence-corrected chi connectivity index (χ1v) is 14.1. The van der Waals surface area contributed by atoms with Crippen molar-refractivity contribution in [1.82, 2.24) is 24.6 Å². The topological polar surface area (TPSA) is 132 Å². The van der Waals surface area contributed by atoms with E-state index in [9.17, 15) is 4.79 Å². The number of hydrogen-bond donors (Lipinski definition) is 3. The van der Waals surface area contributed by atoms with Crippen molar-refractivity contribution >= 4 is 53.9 Å². The van der Waals surface area contributed by atoms with E-state index in [1.54, 1.807) is 5.06 Å². The number of hydroxylamine groups is 2. The molecule has 0 amide bonds. The lowest BCUT2D eigenvalue weighted by molar-refractivity contribution is -0.139. The number of aromatic nitrogens is 4. The fourth-order valence-corrected chi connectivity index (χ4v) is 5.63. The number of anilines is 2. The standard InChI is InChI=1S/C26H42N8O3.2ClH/c1-17(2)15-36-26(35)37-33-13-11-20(12-14-33)29-23-22-24(34(16-28-22)21-5-3-4-6-21)32-25(31-23)30-19-9-7-18(27)8-10-19;;/h16-21H,3-15,27H2,1-2H3,(H2,29,30,31,32);2*1H/t18-,19-;;. The maximum Gasteiger partial charge on any atom is 0.527 e. The average Bonchev–Trinajstić information content (AvgIpc) is 3.56. The highest BCUT2D eigenvalue weighted by Crippen LogP contribution is 2.34. The molecule has 3 fully saturated rings. The van der Waals surface area contributed by atoms with Gasteiger partial charge in [0.15, 0.2) is 17.0 Å². The summed E-state index contributed by atoms with van der Waals surface area (Å²) in [7, 11) is 0. The third-order valence-corrected chi connectivity index (χ3v) is 7.78. The number of piperidine rings is 1. The minimum Gasteiger partial charge on any atom is -0.433 e. The molecule has 2 aromatic rings. The first-order chi connectivity index (χ1) is 17.9. The van der Waals surface area contributed by atoms with E-state index in [-0.39, 0.29) is 36.8 Å². The molecule has 0 spiro atoms. The number of carbonyl (C=O) groups excluding carboxylic acids is 1. The van der Waals surface area contributed by atoms with Crippen molar-refractivity contribution in [3.8, 4) is 0 Å². The number of nitrogens with one attached hydrogen (secondary N) is 2. The van der Waals surface area contributed by atoms with Gasteiger partial charge in [-0.15, -0.1) is 29.9 Å². The summed E-state index contributed by atoms with van der Waals surface area (Å²) < 4.78 is 7.39. The number of carbonyl (C=O) groups is 1. The van der Waals surface area contributed by atoms with Crippen molar-refractivity contribution in [2.24, 2.45) is 11.7 Å². The van der Waals surface area contributed by atoms with Crippen molar-refractivity contribution < 1.29 is 14.4 Å². The Morgan fingerprint density at radius 3 is 2.33 bits per heavy atom. The molecule has 1 aliphatic heterocycles. The Hall–Kier alpha value is -2.08. The molecule has 0 unspecified atom stereocenters. The van der Waals surface area contributed by atoms with Crippen LogP contribution in [-0.4, -0.2) is 68.6 Å². The second-order valence-corrected chi connectivity index (χ2v) is 11.3. The Morgan fingerprint density at radius 1 is 1.00 bits per heavy atom. The van der Waals surface area contributed by atoms with Gasteiger partial charge in [-0.3, -0.25) is 0 Å². The molecule has 0 bridgehead atoms. The van der Waals surface area contributed by atoms with Crippen LogP contribution in [0.25, 0.3) is 11.2 Å². The highest BCUT2D eigenvalue weighted by Gasteiger charge is 2.27. The third kappa shape index (κ3) is 8.22. The quantitative estimate of drug-likeness (QED) is 0.360. The molecule has 4 N–H and O–H groups in total. The minimum atomic E-state index is -0.630. The van der Waals surface area contributed by atoms with Gasteiger partial charge < -0.3 is 30.5 Å². The molecule has 0 radical (unpaired) electrons. The zero-order valence-corrected chi connectivity index (χ0v) is 24.6. The number of rotatable bonds is 8. The molecule has 1 saturated heterocycles. The Bertz CT molecular complexity index is 1050. The molecular weight excluding hydrogens is 543 g/mol. The highest BCUT2D eigenvalue weighted by molar-refractivity contribution is 5.86. The SMILES string of the molecule is CC(C)COC(=O)ON1CCC(Nc2nc(N[C@H]3CC[C@H](N)CC3)nc3c2ncn3C2CCCC2)CC1.Cl.Cl. The van der Waals surface area contributed by atoms with Crippen LogP contribution in [0.5, 0.6) is 0 Å². The molecule has 2 aliphatic carbocycles. The van der Waals surface area contributed by atoms with Crippen molar-refractivity contribution in [3.63, 3.8) is 0 Å². The van der Waals surface area contributed by atoms with Gasteiger partial charge in [0.2, 0.25) is 5.95 Å². The van der Waals surface area contributed by atoms with E-state index >= 15 is 0 Å². The Labute approximate surface area is 243 Å². The molecule has 3 aliphatic rings. The summed E-state index contributed by atoms with van der Waals surface area (Å²) in [6.45, 7) is 5.62. The lowest BCUT2D eigenvalue weighted by Gasteiger charge is -2.31. The van der Waals surface area contributed by atoms with Crippen LogP contribution in [0.1, 0.15) is 84.1 Å². The zero-order chi connectivity index (χ0) is 25.8. The number of hydrogen-bond acceptors (Lipinski definition) is 10. The number of fused-ring (bicyclic) bond motifs is 1. The largest absolute Gasteiger partial charge is 0.527 e. The summed E-state index contributed by atoms with van der Waals surface area (Å²) in [6.07, 6.45) is 11.9. The molecule has 5 rings (SSSR count). The fraction of sp³-hybridized carbons (Fsp3) is 0.769. The predicted octanol–water partition coefficient (Wildman–Crippen LogP) is 5.07. The maximum absolute atomic E-state index is 11.9. The molecule has 220 valence electrons. The van der Waals surface area contributed by atoms with Gasteiger partial charge in [-0.25, -0.2) is 9.78 Å². The van der Waals surface area contributed by atoms with Gasteiger partial charge in [0.1, 0.15) is 0 Å². The molecule has 0 atom stereocenters. The summed E-state index contributed by atoms with van der Waals surface area (Å²) >= 11 is 0. The van der Waals surface area contributed by atoms with E-state index in [0.29, 0.717) is 43.8 Å². The normalized spacial score (nSPS) is 22.8. The molecule has 3 heterocycles. The Balaban J connectivity index is 0.00000210. The van der Waals surface area contributed by atoms with Crippen LogP contribution in [-0.2, 0) is 9.57 Å². The maximum atomic E-state index is 11.9. The third-order valence-electron chi connectivity index (χ3n) is 7.78. The number of nitrogens with two attached hydrogens (primary N) is 1. The monoisotopic (exact) mass is 586 g/mol. The number of halogens is 2. The molecule has 13 heteroatoms. The second kappa shape index (κ2) is 14.5. The minimum absolute atomic E-state index is 0. The summed E-state index contributed by atoms with van der Waals surface area (Å²) in [5.74, 6) is 1.70. The fourth-order valence-electron chi connectivity index (χ4n) is 5.63. The summed E-state index contributed by atoms with van der Waals surface area (Å²) in [4.78, 5) is 31.9. The first-order valence-electron chi connectivity index (χ1n) is 14.1. The molecule has 0 aromatic carbocycles. The van der Waals surface area contributed by atoms with Crippen molar-refractivity contribution in [1.29, 1.82) is 0 Å². The molecular formula is C26H44Cl2N8O3. The highest BCUT2D eigenvalue weighted by atomic mass is 35.5. The summed E-state index contributed by atoms with van der Waals surface area (Å²) in [6, 6.07) is 1.28. The smallest absolute Gasteiger partial charge is 0.433 e. The van der Waals surface area contributed by atoms with Crippen LogP contribution in [0.2, 0.25) is 0 Å². The van der Waals surface area contributed by atoms with Crippen molar-refractivity contribution in [2.45, 2.75) is 102 Å². The Morgan fingerprint density at radius 2 is 1.67 bits per heavy atom. The van der Waals surface area contributed by atoms with Crippen LogP contribution in [0, 0.1) is 5.92 Å². The average molecular weight is 588 g/mol. The molecule has 11 nitrogen and oxygen atoms in total. The second-order valence-electron chi connectivity index (χ2n) is 11.3. The van der Waals surface area contributed by atoms with Gasteiger partial charge in [-0.05, 0) is 57.3 Å². The van der Waals surface area contributed by atoms with E-state index in [1.165, 1.54) is 25.7 Å². The van der Waals surface area contributed by atoms with Crippen LogP contribution in [0.3, 0.4) is 0 Å². The number of nitrogens with zero attached hydrogens (tertiary/aromatic N) is 5. The van der Waals surface area contributed by atoms with E-state index in [4.69, 9.17) is 30.3 Å². The van der Waals surface area contributed by atoms with E-state index < -0.39 is 6.16 Å². The molecule has 39 heavy (non-hydrogen) atoms. The lowest BCUT2D eigenvalue weighted by atomic mass is 9.92. The van der Waals surface area contributed by atoms with Gasteiger partial charge >= 0.3 is 6.16 Å². The number of imidazole rings is 1. The van der Waals surface area contributed by atoms with Crippen molar-refractivity contribution in [2.75, 3.05) is 30.3 Å². The zero-order valence-electron chi connectivity index (χ0n) is 23.0. The molecule has 2 aromatic heterocycles. The van der Waals surface area contributed by atoms with E-state index in [2.05, 4.69) is 15.2 Å². The predicted molar refractivity (Wildman–Crippen MR) is 157 cm³/mol. The van der Waals surface area contributed by atoms with Gasteiger partial charge in [0, 0.05) is 37.3 Å². The first kappa shape index (κ1) is 31.4. The molecule has 2 saturated carbocycles. The van der Waals surface area contributed by atoms with Gasteiger partial charge in [0.05, 0.1) is 12.9 Å².